The molecule has 0 aliphatic heterocycles. The van der Waals surface area contributed by atoms with Crippen molar-refractivity contribution in [2.24, 2.45) is 5.92 Å². The molecule has 1 aliphatic carbocycles. The first kappa shape index (κ1) is 32.7. The fourth-order valence-corrected chi connectivity index (χ4v) is 7.15. The number of nitrogens with one attached hydrogen (secondary N) is 1. The molecule has 43 heavy (non-hydrogen) atoms. The van der Waals surface area contributed by atoms with E-state index in [0.717, 1.165) is 42.7 Å². The maximum Gasteiger partial charge on any atom is 0.417 e. The quantitative estimate of drug-likeness (QED) is 0.259. The number of alkyl halides is 3. The van der Waals surface area contributed by atoms with Crippen molar-refractivity contribution < 1.29 is 36.6 Å². The Hall–Kier alpha value is -3.25. The molecule has 4 rings (SSSR count). The van der Waals surface area contributed by atoms with Gasteiger partial charge in [0, 0.05) is 25.7 Å². The van der Waals surface area contributed by atoms with E-state index in [9.17, 15) is 31.5 Å². The van der Waals surface area contributed by atoms with E-state index in [1.54, 1.807) is 0 Å². The molecule has 0 aromatic heterocycles. The highest BCUT2D eigenvalue weighted by Gasteiger charge is 2.39. The number of aliphatic hydroxyl groups is 1. The van der Waals surface area contributed by atoms with Gasteiger partial charge in [-0.2, -0.15) is 17.5 Å². The standard InChI is InChI=1S/C32H37F3N2O5S/c1-31(2,18-22-14-24-6-4-5-7-25(24)15-22)36-19-27(38)20-37(3)43(41,42)29-13-12-26(17-28(29)32(33,34)35)23-10-8-21(9-11-23)16-30(39)40/h4-13,17,22,27,36,38H,14-16,18-20H2,1-3H3,(H,39,40). The van der Waals surface area contributed by atoms with Crippen molar-refractivity contribution in [2.45, 2.75) is 62.2 Å². The lowest BCUT2D eigenvalue weighted by Gasteiger charge is -2.31. The number of aliphatic hydroxyl groups excluding tert-OH is 1. The van der Waals surface area contributed by atoms with Gasteiger partial charge in [-0.3, -0.25) is 4.79 Å². The predicted molar refractivity (Wildman–Crippen MR) is 158 cm³/mol. The van der Waals surface area contributed by atoms with Crippen LogP contribution >= 0.6 is 0 Å². The smallest absolute Gasteiger partial charge is 0.417 e. The van der Waals surface area contributed by atoms with Crippen molar-refractivity contribution in [3.63, 3.8) is 0 Å². The number of carboxylic acid groups (broad SMARTS) is 1. The minimum absolute atomic E-state index is 0.0649. The Labute approximate surface area is 250 Å². The number of fused-ring (bicyclic) bond motifs is 1. The normalized spacial score (nSPS) is 15.1. The van der Waals surface area contributed by atoms with E-state index in [-0.39, 0.29) is 24.1 Å². The Morgan fingerprint density at radius 1 is 1.00 bits per heavy atom. The highest BCUT2D eigenvalue weighted by molar-refractivity contribution is 7.89. The zero-order valence-corrected chi connectivity index (χ0v) is 25.2. The summed E-state index contributed by atoms with van der Waals surface area (Å²) in [6.45, 7) is 3.69. The van der Waals surface area contributed by atoms with E-state index in [2.05, 4.69) is 17.4 Å². The molecule has 0 spiro atoms. The Morgan fingerprint density at radius 3 is 2.14 bits per heavy atom. The molecule has 0 saturated heterocycles. The average Bonchev–Trinajstić information content (AvgIpc) is 3.33. The number of benzene rings is 3. The van der Waals surface area contributed by atoms with Crippen LogP contribution in [0.25, 0.3) is 11.1 Å². The van der Waals surface area contributed by atoms with Crippen LogP contribution in [0, 0.1) is 5.92 Å². The molecule has 1 unspecified atom stereocenters. The molecule has 3 N–H and O–H groups in total. The summed E-state index contributed by atoms with van der Waals surface area (Å²) >= 11 is 0. The number of carboxylic acids is 1. The van der Waals surface area contributed by atoms with Gasteiger partial charge >= 0.3 is 12.1 Å². The van der Waals surface area contributed by atoms with Crippen LogP contribution < -0.4 is 5.32 Å². The molecule has 232 valence electrons. The fourth-order valence-electron chi connectivity index (χ4n) is 5.76. The number of rotatable bonds is 12. The highest BCUT2D eigenvalue weighted by Crippen LogP contribution is 2.38. The molecule has 0 saturated carbocycles. The first-order valence-electron chi connectivity index (χ1n) is 14.0. The monoisotopic (exact) mass is 618 g/mol. The number of likely N-dealkylation sites (N-methyl/N-ethyl adjacent to an activating group) is 1. The topological polar surface area (TPSA) is 107 Å². The number of carbonyl (C=O) groups is 1. The van der Waals surface area contributed by atoms with Gasteiger partial charge in [0.1, 0.15) is 0 Å². The van der Waals surface area contributed by atoms with E-state index in [4.69, 9.17) is 5.11 Å². The summed E-state index contributed by atoms with van der Waals surface area (Å²) in [7, 11) is -3.46. The summed E-state index contributed by atoms with van der Waals surface area (Å²) in [5.74, 6) is -0.600. The van der Waals surface area contributed by atoms with Crippen molar-refractivity contribution in [1.29, 1.82) is 0 Å². The Morgan fingerprint density at radius 2 is 1.58 bits per heavy atom. The molecule has 0 bridgehead atoms. The average molecular weight is 619 g/mol. The number of halogens is 3. The summed E-state index contributed by atoms with van der Waals surface area (Å²) in [6, 6.07) is 17.3. The van der Waals surface area contributed by atoms with Crippen LogP contribution in [0.1, 0.15) is 42.5 Å². The van der Waals surface area contributed by atoms with E-state index < -0.39 is 45.3 Å². The molecule has 0 fully saturated rings. The lowest BCUT2D eigenvalue weighted by atomic mass is 9.88. The zero-order valence-electron chi connectivity index (χ0n) is 24.4. The number of aliphatic carboxylic acids is 1. The van der Waals surface area contributed by atoms with Crippen LogP contribution in [0.4, 0.5) is 13.2 Å². The maximum atomic E-state index is 14.1. The van der Waals surface area contributed by atoms with Gasteiger partial charge in [0.15, 0.2) is 0 Å². The van der Waals surface area contributed by atoms with Crippen molar-refractivity contribution in [1.82, 2.24) is 9.62 Å². The summed E-state index contributed by atoms with van der Waals surface area (Å²) < 4.78 is 69.7. The molecule has 0 radical (unpaired) electrons. The van der Waals surface area contributed by atoms with Gasteiger partial charge in [-0.15, -0.1) is 0 Å². The van der Waals surface area contributed by atoms with Gasteiger partial charge in [-0.1, -0.05) is 54.6 Å². The van der Waals surface area contributed by atoms with Gasteiger partial charge in [0.05, 0.1) is 23.0 Å². The third-order valence-corrected chi connectivity index (χ3v) is 9.72. The fraction of sp³-hybridized carbons (Fsp3) is 0.406. The molecular weight excluding hydrogens is 581 g/mol. The highest BCUT2D eigenvalue weighted by atomic mass is 32.2. The van der Waals surface area contributed by atoms with E-state index in [1.165, 1.54) is 41.5 Å². The molecule has 1 atom stereocenters. The lowest BCUT2D eigenvalue weighted by Crippen LogP contribution is -2.47. The van der Waals surface area contributed by atoms with Crippen LogP contribution in [0.2, 0.25) is 0 Å². The second-order valence-electron chi connectivity index (χ2n) is 11.9. The molecule has 7 nitrogen and oxygen atoms in total. The lowest BCUT2D eigenvalue weighted by molar-refractivity contribution is -0.140. The second-order valence-corrected chi connectivity index (χ2v) is 13.9. The van der Waals surface area contributed by atoms with Crippen LogP contribution in [-0.4, -0.2) is 60.7 Å². The van der Waals surface area contributed by atoms with Crippen molar-refractivity contribution in [3.05, 3.63) is 89.0 Å². The molecular formula is C32H37F3N2O5S. The van der Waals surface area contributed by atoms with Crippen LogP contribution in [-0.2, 0) is 40.3 Å². The minimum Gasteiger partial charge on any atom is -0.481 e. The van der Waals surface area contributed by atoms with Gasteiger partial charge < -0.3 is 15.5 Å². The number of hydrogen-bond acceptors (Lipinski definition) is 5. The molecule has 0 heterocycles. The van der Waals surface area contributed by atoms with Gasteiger partial charge in [-0.05, 0) is 79.0 Å². The molecule has 1 aliphatic rings. The number of sulfonamides is 1. The minimum atomic E-state index is -4.97. The summed E-state index contributed by atoms with van der Waals surface area (Å²) in [6.07, 6.45) is -3.56. The molecule has 11 heteroatoms. The first-order chi connectivity index (χ1) is 20.0. The predicted octanol–water partition coefficient (Wildman–Crippen LogP) is 5.15. The maximum absolute atomic E-state index is 14.1. The summed E-state index contributed by atoms with van der Waals surface area (Å²) in [4.78, 5) is 10.00. The van der Waals surface area contributed by atoms with E-state index >= 15 is 0 Å². The number of hydrogen-bond donors (Lipinski definition) is 3. The van der Waals surface area contributed by atoms with Crippen LogP contribution in [0.15, 0.2) is 71.6 Å². The molecule has 3 aromatic rings. The Balaban J connectivity index is 1.42. The number of nitrogens with zero attached hydrogens (tertiary/aromatic N) is 1. The molecule has 0 amide bonds. The molecule has 3 aromatic carbocycles. The second kappa shape index (κ2) is 12.8. The van der Waals surface area contributed by atoms with Crippen LogP contribution in [0.5, 0.6) is 0 Å². The Bertz CT molecular complexity index is 1530. The third-order valence-electron chi connectivity index (χ3n) is 7.83. The van der Waals surface area contributed by atoms with Gasteiger partial charge in [-0.25, -0.2) is 8.42 Å². The van der Waals surface area contributed by atoms with Crippen molar-refractivity contribution in [2.75, 3.05) is 20.1 Å². The van der Waals surface area contributed by atoms with Gasteiger partial charge in [0.2, 0.25) is 10.0 Å². The Kier molecular flexibility index (Phi) is 9.70. The number of β-amino-alcohol motifs (C(OH)–C–C–N with tert-alkyl or cyclic N) is 1. The summed E-state index contributed by atoms with van der Waals surface area (Å²) in [5.41, 5.74) is 2.00. The van der Waals surface area contributed by atoms with Crippen molar-refractivity contribution >= 4 is 16.0 Å². The van der Waals surface area contributed by atoms with Crippen molar-refractivity contribution in [3.8, 4) is 11.1 Å². The first-order valence-corrected chi connectivity index (χ1v) is 15.5. The largest absolute Gasteiger partial charge is 0.481 e. The van der Waals surface area contributed by atoms with Gasteiger partial charge in [0.25, 0.3) is 0 Å². The van der Waals surface area contributed by atoms with E-state index in [1.807, 2.05) is 26.0 Å². The zero-order chi connectivity index (χ0) is 31.6. The SMILES string of the molecule is CN(CC(O)CNC(C)(C)CC1Cc2ccccc2C1)S(=O)(=O)c1ccc(-c2ccc(CC(=O)O)cc2)cc1C(F)(F)F. The third kappa shape index (κ3) is 8.23. The van der Waals surface area contributed by atoms with Crippen LogP contribution in [0.3, 0.4) is 0 Å². The van der Waals surface area contributed by atoms with E-state index in [0.29, 0.717) is 17.0 Å². The summed E-state index contributed by atoms with van der Waals surface area (Å²) in [5, 5.41) is 22.9.